The second-order valence-corrected chi connectivity index (χ2v) is 7.53. The van der Waals surface area contributed by atoms with Gasteiger partial charge in [0.15, 0.2) is 6.29 Å². The Morgan fingerprint density at radius 3 is 2.64 bits per heavy atom. The molecule has 0 N–H and O–H groups in total. The van der Waals surface area contributed by atoms with Gasteiger partial charge in [0, 0.05) is 23.4 Å². The van der Waals surface area contributed by atoms with Crippen molar-refractivity contribution in [3.63, 3.8) is 0 Å². The van der Waals surface area contributed by atoms with Crippen molar-refractivity contribution < 1.29 is 4.79 Å². The van der Waals surface area contributed by atoms with E-state index in [9.17, 15) is 9.59 Å². The Balaban J connectivity index is 1.66. The summed E-state index contributed by atoms with van der Waals surface area (Å²) in [6.07, 6.45) is 2.36. The monoisotopic (exact) mass is 387 g/mol. The Morgan fingerprint density at radius 1 is 1.04 bits per heavy atom. The van der Waals surface area contributed by atoms with Gasteiger partial charge < -0.3 is 0 Å². The van der Waals surface area contributed by atoms with Crippen molar-refractivity contribution in [1.29, 1.82) is 0 Å². The van der Waals surface area contributed by atoms with Gasteiger partial charge in [0.1, 0.15) is 5.01 Å². The third-order valence-corrected chi connectivity index (χ3v) is 5.30. The SMILES string of the molecule is Cc1cccc(-c2ccc(=O)n(Cc3cccc(-c4ncc(C=O)s4)c3)n2)c1. The number of carbonyl (C=O) groups is 1. The van der Waals surface area contributed by atoms with E-state index in [1.165, 1.54) is 16.0 Å². The number of nitrogens with zero attached hydrogens (tertiary/aromatic N) is 3. The quantitative estimate of drug-likeness (QED) is 0.481. The molecule has 4 rings (SSSR count). The molecule has 0 aliphatic rings. The van der Waals surface area contributed by atoms with E-state index in [4.69, 9.17) is 0 Å². The van der Waals surface area contributed by atoms with Crippen LogP contribution < -0.4 is 5.56 Å². The van der Waals surface area contributed by atoms with Gasteiger partial charge in [0.05, 0.1) is 17.1 Å². The lowest BCUT2D eigenvalue weighted by molar-refractivity contribution is 0.112. The summed E-state index contributed by atoms with van der Waals surface area (Å²) in [7, 11) is 0. The first-order chi connectivity index (χ1) is 13.6. The molecule has 0 aliphatic carbocycles. The van der Waals surface area contributed by atoms with Crippen molar-refractivity contribution in [3.05, 3.63) is 93.2 Å². The summed E-state index contributed by atoms with van der Waals surface area (Å²) in [6, 6.07) is 19.1. The molecule has 2 aromatic heterocycles. The van der Waals surface area contributed by atoms with Crippen molar-refractivity contribution in [3.8, 4) is 21.8 Å². The maximum Gasteiger partial charge on any atom is 0.267 e. The third kappa shape index (κ3) is 3.82. The van der Waals surface area contributed by atoms with Crippen LogP contribution in [-0.4, -0.2) is 21.1 Å². The standard InChI is InChI=1S/C22H17N3O2S/c1-15-4-2-6-17(10-15)20-8-9-21(27)25(24-20)13-16-5-3-7-18(11-16)22-23-12-19(14-26)28-22/h2-12,14H,13H2,1H3. The smallest absolute Gasteiger partial charge is 0.267 e. The zero-order valence-corrected chi connectivity index (χ0v) is 16.0. The number of aromatic nitrogens is 3. The molecule has 0 unspecified atom stereocenters. The zero-order chi connectivity index (χ0) is 19.5. The summed E-state index contributed by atoms with van der Waals surface area (Å²) in [5.74, 6) is 0. The summed E-state index contributed by atoms with van der Waals surface area (Å²) in [5.41, 5.74) is 4.58. The van der Waals surface area contributed by atoms with E-state index in [1.54, 1.807) is 18.3 Å². The largest absolute Gasteiger partial charge is 0.297 e. The van der Waals surface area contributed by atoms with Crippen LogP contribution in [-0.2, 0) is 6.54 Å². The van der Waals surface area contributed by atoms with Crippen LogP contribution in [0.1, 0.15) is 20.8 Å². The van der Waals surface area contributed by atoms with Gasteiger partial charge in [-0.15, -0.1) is 11.3 Å². The highest BCUT2D eigenvalue weighted by molar-refractivity contribution is 7.16. The van der Waals surface area contributed by atoms with Crippen LogP contribution in [0, 0.1) is 6.92 Å². The highest BCUT2D eigenvalue weighted by atomic mass is 32.1. The lowest BCUT2D eigenvalue weighted by atomic mass is 10.1. The van der Waals surface area contributed by atoms with Gasteiger partial charge >= 0.3 is 0 Å². The number of benzene rings is 2. The minimum atomic E-state index is -0.153. The van der Waals surface area contributed by atoms with E-state index >= 15 is 0 Å². The van der Waals surface area contributed by atoms with E-state index in [0.29, 0.717) is 11.4 Å². The Morgan fingerprint density at radius 2 is 1.86 bits per heavy atom. The third-order valence-electron chi connectivity index (χ3n) is 4.33. The van der Waals surface area contributed by atoms with Gasteiger partial charge in [-0.3, -0.25) is 9.59 Å². The normalized spacial score (nSPS) is 10.8. The molecule has 0 atom stereocenters. The number of aryl methyl sites for hydroxylation is 1. The van der Waals surface area contributed by atoms with Crippen LogP contribution >= 0.6 is 11.3 Å². The maximum absolute atomic E-state index is 12.3. The van der Waals surface area contributed by atoms with Crippen LogP contribution in [0.5, 0.6) is 0 Å². The first kappa shape index (κ1) is 18.0. The number of hydrogen-bond donors (Lipinski definition) is 0. The number of aldehydes is 1. The molecule has 5 nitrogen and oxygen atoms in total. The van der Waals surface area contributed by atoms with Gasteiger partial charge in [0.2, 0.25) is 0 Å². The van der Waals surface area contributed by atoms with Crippen molar-refractivity contribution in [2.24, 2.45) is 0 Å². The lowest BCUT2D eigenvalue weighted by Crippen LogP contribution is -2.22. The second-order valence-electron chi connectivity index (χ2n) is 6.47. The molecule has 0 spiro atoms. The molecule has 0 aliphatic heterocycles. The fourth-order valence-corrected chi connectivity index (χ4v) is 3.70. The molecular formula is C22H17N3O2S. The first-order valence-electron chi connectivity index (χ1n) is 8.78. The van der Waals surface area contributed by atoms with E-state index in [2.05, 4.69) is 10.1 Å². The zero-order valence-electron chi connectivity index (χ0n) is 15.2. The molecule has 2 heterocycles. The molecule has 4 aromatic rings. The molecule has 0 fully saturated rings. The summed E-state index contributed by atoms with van der Waals surface area (Å²) in [4.78, 5) is 28.1. The van der Waals surface area contributed by atoms with E-state index in [0.717, 1.165) is 39.2 Å². The summed E-state index contributed by atoms with van der Waals surface area (Å²) in [6.45, 7) is 2.39. The predicted molar refractivity (Wildman–Crippen MR) is 111 cm³/mol. The van der Waals surface area contributed by atoms with Crippen LogP contribution in [0.15, 0.2) is 71.7 Å². The highest BCUT2D eigenvalue weighted by Crippen LogP contribution is 2.25. The van der Waals surface area contributed by atoms with Crippen LogP contribution in [0.4, 0.5) is 0 Å². The molecule has 0 bridgehead atoms. The topological polar surface area (TPSA) is 64.8 Å². The molecule has 0 saturated carbocycles. The van der Waals surface area contributed by atoms with Crippen LogP contribution in [0.25, 0.3) is 21.8 Å². The Hall–Kier alpha value is -3.38. The van der Waals surface area contributed by atoms with Crippen LogP contribution in [0.3, 0.4) is 0 Å². The number of hydrogen-bond acceptors (Lipinski definition) is 5. The molecule has 0 saturated heterocycles. The molecule has 0 amide bonds. The Labute approximate surface area is 165 Å². The summed E-state index contributed by atoms with van der Waals surface area (Å²) < 4.78 is 1.47. The summed E-state index contributed by atoms with van der Waals surface area (Å²) in [5, 5.41) is 5.32. The van der Waals surface area contributed by atoms with Crippen molar-refractivity contribution in [2.45, 2.75) is 13.5 Å². The average molecular weight is 387 g/mol. The van der Waals surface area contributed by atoms with E-state index in [-0.39, 0.29) is 5.56 Å². The predicted octanol–water partition coefficient (Wildman–Crippen LogP) is 4.20. The van der Waals surface area contributed by atoms with Crippen molar-refractivity contribution in [2.75, 3.05) is 0 Å². The average Bonchev–Trinajstić information content (AvgIpc) is 3.19. The Kier molecular flexibility index (Phi) is 4.95. The molecule has 138 valence electrons. The van der Waals surface area contributed by atoms with Gasteiger partial charge in [-0.25, -0.2) is 9.67 Å². The number of rotatable bonds is 5. The Bertz CT molecular complexity index is 1210. The fourth-order valence-electron chi connectivity index (χ4n) is 2.97. The van der Waals surface area contributed by atoms with Crippen molar-refractivity contribution in [1.82, 2.24) is 14.8 Å². The number of carbonyl (C=O) groups excluding carboxylic acids is 1. The number of thiazole rings is 1. The molecule has 28 heavy (non-hydrogen) atoms. The van der Waals surface area contributed by atoms with Gasteiger partial charge in [-0.05, 0) is 30.7 Å². The van der Waals surface area contributed by atoms with Gasteiger partial charge in [-0.1, -0.05) is 42.0 Å². The van der Waals surface area contributed by atoms with E-state index in [1.807, 2.05) is 55.5 Å². The van der Waals surface area contributed by atoms with Gasteiger partial charge in [0.25, 0.3) is 5.56 Å². The highest BCUT2D eigenvalue weighted by Gasteiger charge is 2.08. The van der Waals surface area contributed by atoms with E-state index < -0.39 is 0 Å². The van der Waals surface area contributed by atoms with Crippen molar-refractivity contribution >= 4 is 17.6 Å². The minimum absolute atomic E-state index is 0.153. The molecule has 2 aromatic carbocycles. The summed E-state index contributed by atoms with van der Waals surface area (Å²) >= 11 is 1.34. The second kappa shape index (κ2) is 7.70. The van der Waals surface area contributed by atoms with Crippen LogP contribution in [0.2, 0.25) is 0 Å². The lowest BCUT2D eigenvalue weighted by Gasteiger charge is -2.09. The first-order valence-corrected chi connectivity index (χ1v) is 9.59. The molecule has 6 heteroatoms. The fraction of sp³-hybridized carbons (Fsp3) is 0.0909. The molecular weight excluding hydrogens is 370 g/mol. The van der Waals surface area contributed by atoms with Gasteiger partial charge in [-0.2, -0.15) is 5.10 Å². The molecule has 0 radical (unpaired) electrons. The maximum atomic E-state index is 12.3. The minimum Gasteiger partial charge on any atom is -0.297 e.